The van der Waals surface area contributed by atoms with Crippen LogP contribution in [0.1, 0.15) is 0 Å². The Morgan fingerprint density at radius 2 is 1.75 bits per heavy atom. The van der Waals surface area contributed by atoms with E-state index in [1.54, 1.807) is 17.8 Å². The second-order valence-corrected chi connectivity index (χ2v) is 5.71. The number of anilines is 1. The smallest absolute Gasteiger partial charge is 0.0456 e. The van der Waals surface area contributed by atoms with Crippen molar-refractivity contribution < 1.29 is 0 Å². The van der Waals surface area contributed by atoms with E-state index in [0.717, 1.165) is 20.0 Å². The molecule has 0 saturated carbocycles. The largest absolute Gasteiger partial charge is 0.398 e. The molecule has 2 rings (SSSR count). The Hall–Kier alpha value is -0.640. The van der Waals surface area contributed by atoms with Gasteiger partial charge in [-0.05, 0) is 42.5 Å². The van der Waals surface area contributed by atoms with Crippen molar-refractivity contribution >= 4 is 45.0 Å². The fourth-order valence-corrected chi connectivity index (χ4v) is 2.63. The quantitative estimate of drug-likeness (QED) is 0.803. The molecule has 82 valence electrons. The number of nitrogen functional groups attached to an aromatic ring is 1. The average Bonchev–Trinajstić information content (AvgIpc) is 2.27. The summed E-state index contributed by atoms with van der Waals surface area (Å²) in [5.41, 5.74) is 6.63. The van der Waals surface area contributed by atoms with Crippen LogP contribution in [0.4, 0.5) is 5.69 Å². The van der Waals surface area contributed by atoms with E-state index in [0.29, 0.717) is 5.02 Å². The van der Waals surface area contributed by atoms with Crippen LogP contribution < -0.4 is 5.73 Å². The topological polar surface area (TPSA) is 26.0 Å². The van der Waals surface area contributed by atoms with E-state index in [1.807, 2.05) is 36.4 Å². The Kier molecular flexibility index (Phi) is 3.79. The monoisotopic (exact) mass is 313 g/mol. The summed E-state index contributed by atoms with van der Waals surface area (Å²) in [6, 6.07) is 13.6. The highest BCUT2D eigenvalue weighted by molar-refractivity contribution is 9.10. The summed E-state index contributed by atoms with van der Waals surface area (Å²) < 4.78 is 1.07. The molecule has 2 aromatic rings. The molecule has 1 nitrogen and oxygen atoms in total. The standard InChI is InChI=1S/C12H9BrClNS/c13-8-1-4-10(5-2-8)16-12-7-9(14)3-6-11(12)15/h1-7H,15H2. The Bertz CT molecular complexity index is 499. The van der Waals surface area contributed by atoms with Gasteiger partial charge in [-0.15, -0.1) is 0 Å². The van der Waals surface area contributed by atoms with Gasteiger partial charge in [0.15, 0.2) is 0 Å². The predicted octanol–water partition coefficient (Wildman–Crippen LogP) is 4.84. The average molecular weight is 315 g/mol. The third-order valence-electron chi connectivity index (χ3n) is 2.02. The second kappa shape index (κ2) is 5.13. The van der Waals surface area contributed by atoms with Crippen LogP contribution in [0, 0.1) is 0 Å². The van der Waals surface area contributed by atoms with E-state index >= 15 is 0 Å². The molecule has 0 atom stereocenters. The van der Waals surface area contributed by atoms with E-state index in [4.69, 9.17) is 17.3 Å². The molecule has 4 heteroatoms. The van der Waals surface area contributed by atoms with Crippen LogP contribution >= 0.6 is 39.3 Å². The van der Waals surface area contributed by atoms with E-state index in [1.165, 1.54) is 0 Å². The first-order valence-corrected chi connectivity index (χ1v) is 6.62. The van der Waals surface area contributed by atoms with Crippen molar-refractivity contribution in [1.82, 2.24) is 0 Å². The zero-order valence-electron chi connectivity index (χ0n) is 8.28. The molecule has 0 spiro atoms. The maximum Gasteiger partial charge on any atom is 0.0456 e. The molecule has 0 aliphatic rings. The Morgan fingerprint density at radius 3 is 2.44 bits per heavy atom. The molecule has 2 N–H and O–H groups in total. The predicted molar refractivity (Wildman–Crippen MR) is 74.1 cm³/mol. The third kappa shape index (κ3) is 2.94. The number of nitrogens with two attached hydrogens (primary N) is 1. The van der Waals surface area contributed by atoms with Crippen LogP contribution in [0.2, 0.25) is 5.02 Å². The molecule has 0 unspecified atom stereocenters. The highest BCUT2D eigenvalue weighted by Gasteiger charge is 2.02. The molecular formula is C12H9BrClNS. The lowest BCUT2D eigenvalue weighted by molar-refractivity contribution is 1.40. The summed E-state index contributed by atoms with van der Waals surface area (Å²) in [4.78, 5) is 2.12. The minimum atomic E-state index is 0.703. The van der Waals surface area contributed by atoms with Gasteiger partial charge in [0, 0.05) is 25.0 Å². The minimum absolute atomic E-state index is 0.703. The van der Waals surface area contributed by atoms with Gasteiger partial charge < -0.3 is 5.73 Å². The van der Waals surface area contributed by atoms with E-state index < -0.39 is 0 Å². The summed E-state index contributed by atoms with van der Waals surface area (Å²) in [7, 11) is 0. The number of hydrogen-bond acceptors (Lipinski definition) is 2. The zero-order chi connectivity index (χ0) is 11.5. The van der Waals surface area contributed by atoms with Crippen molar-refractivity contribution in [2.24, 2.45) is 0 Å². The van der Waals surface area contributed by atoms with Gasteiger partial charge in [-0.1, -0.05) is 39.3 Å². The SMILES string of the molecule is Nc1ccc(Cl)cc1Sc1ccc(Br)cc1. The van der Waals surface area contributed by atoms with Gasteiger partial charge in [-0.25, -0.2) is 0 Å². The number of benzene rings is 2. The summed E-state index contributed by atoms with van der Waals surface area (Å²) in [6.07, 6.45) is 0. The first-order chi connectivity index (χ1) is 7.65. The van der Waals surface area contributed by atoms with Crippen molar-refractivity contribution in [3.8, 4) is 0 Å². The van der Waals surface area contributed by atoms with Crippen LogP contribution in [-0.4, -0.2) is 0 Å². The summed E-state index contributed by atoms with van der Waals surface area (Å²) in [6.45, 7) is 0. The molecule has 16 heavy (non-hydrogen) atoms. The maximum absolute atomic E-state index is 5.93. The molecule has 2 aromatic carbocycles. The van der Waals surface area contributed by atoms with Gasteiger partial charge in [0.25, 0.3) is 0 Å². The molecule has 0 radical (unpaired) electrons. The van der Waals surface area contributed by atoms with Crippen molar-refractivity contribution in [2.45, 2.75) is 9.79 Å². The Balaban J connectivity index is 2.26. The van der Waals surface area contributed by atoms with Gasteiger partial charge in [0.05, 0.1) is 0 Å². The molecule has 0 saturated heterocycles. The summed E-state index contributed by atoms with van der Waals surface area (Å²) >= 11 is 10.9. The summed E-state index contributed by atoms with van der Waals surface area (Å²) in [5.74, 6) is 0. The highest BCUT2D eigenvalue weighted by Crippen LogP contribution is 2.34. The molecule has 0 aromatic heterocycles. The Morgan fingerprint density at radius 1 is 1.06 bits per heavy atom. The first-order valence-electron chi connectivity index (χ1n) is 4.63. The lowest BCUT2D eigenvalue weighted by Gasteiger charge is -2.05. The fraction of sp³-hybridized carbons (Fsp3) is 0. The van der Waals surface area contributed by atoms with Crippen LogP contribution in [0.3, 0.4) is 0 Å². The van der Waals surface area contributed by atoms with E-state index in [2.05, 4.69) is 15.9 Å². The number of halogens is 2. The zero-order valence-corrected chi connectivity index (χ0v) is 11.4. The van der Waals surface area contributed by atoms with Crippen molar-refractivity contribution in [3.63, 3.8) is 0 Å². The van der Waals surface area contributed by atoms with Gasteiger partial charge in [-0.2, -0.15) is 0 Å². The van der Waals surface area contributed by atoms with Crippen LogP contribution in [-0.2, 0) is 0 Å². The molecule has 0 fully saturated rings. The summed E-state index contributed by atoms with van der Waals surface area (Å²) in [5, 5.41) is 0.703. The van der Waals surface area contributed by atoms with Gasteiger partial charge in [0.1, 0.15) is 0 Å². The van der Waals surface area contributed by atoms with Gasteiger partial charge in [0.2, 0.25) is 0 Å². The molecule has 0 aliphatic carbocycles. The number of hydrogen-bond donors (Lipinski definition) is 1. The van der Waals surface area contributed by atoms with Crippen LogP contribution in [0.5, 0.6) is 0 Å². The maximum atomic E-state index is 5.93. The second-order valence-electron chi connectivity index (χ2n) is 3.24. The van der Waals surface area contributed by atoms with E-state index in [9.17, 15) is 0 Å². The third-order valence-corrected chi connectivity index (χ3v) is 3.86. The molecule has 0 bridgehead atoms. The molecule has 0 amide bonds. The number of rotatable bonds is 2. The van der Waals surface area contributed by atoms with Crippen LogP contribution in [0.25, 0.3) is 0 Å². The lowest BCUT2D eigenvalue weighted by atomic mass is 10.3. The van der Waals surface area contributed by atoms with E-state index in [-0.39, 0.29) is 0 Å². The van der Waals surface area contributed by atoms with Crippen LogP contribution in [0.15, 0.2) is 56.7 Å². The van der Waals surface area contributed by atoms with Crippen molar-refractivity contribution in [2.75, 3.05) is 5.73 Å². The minimum Gasteiger partial charge on any atom is -0.398 e. The fourth-order valence-electron chi connectivity index (χ4n) is 1.23. The first kappa shape index (κ1) is 11.8. The Labute approximate surface area is 112 Å². The molecule has 0 aliphatic heterocycles. The van der Waals surface area contributed by atoms with Gasteiger partial charge >= 0.3 is 0 Å². The normalized spacial score (nSPS) is 10.4. The van der Waals surface area contributed by atoms with Crippen molar-refractivity contribution in [3.05, 3.63) is 52.0 Å². The lowest BCUT2D eigenvalue weighted by Crippen LogP contribution is -1.87. The van der Waals surface area contributed by atoms with Gasteiger partial charge in [-0.3, -0.25) is 0 Å². The molecule has 0 heterocycles. The molecular weight excluding hydrogens is 306 g/mol. The van der Waals surface area contributed by atoms with Crippen molar-refractivity contribution in [1.29, 1.82) is 0 Å². The highest BCUT2D eigenvalue weighted by atomic mass is 79.9.